The van der Waals surface area contributed by atoms with Crippen LogP contribution in [0.25, 0.3) is 0 Å². The normalized spacial score (nSPS) is 27.4. The second-order valence-electron chi connectivity index (χ2n) is 5.59. The number of aromatic nitrogens is 1. The van der Waals surface area contributed by atoms with Crippen molar-refractivity contribution in [1.29, 1.82) is 0 Å². The summed E-state index contributed by atoms with van der Waals surface area (Å²) in [6.07, 6.45) is 7.14. The van der Waals surface area contributed by atoms with E-state index in [0.29, 0.717) is 18.5 Å². The van der Waals surface area contributed by atoms with Gasteiger partial charge in [-0.2, -0.15) is 0 Å². The van der Waals surface area contributed by atoms with Crippen LogP contribution in [0.3, 0.4) is 0 Å². The number of hydrogen-bond donors (Lipinski definition) is 2. The van der Waals surface area contributed by atoms with Gasteiger partial charge in [-0.1, -0.05) is 0 Å². The Morgan fingerprint density at radius 3 is 2.83 bits per heavy atom. The standard InChI is InChI=1S/C14H20N2O2/c17-12-7-10(8-12)9-15-14(18)13-5-2-6-16(13)11-3-1-4-11/h2,5-6,10-12,17H,1,3-4,7-9H2,(H,15,18). The van der Waals surface area contributed by atoms with E-state index in [0.717, 1.165) is 18.5 Å². The van der Waals surface area contributed by atoms with Gasteiger partial charge in [0, 0.05) is 18.8 Å². The number of carbonyl (C=O) groups excluding carboxylic acids is 1. The number of carbonyl (C=O) groups is 1. The van der Waals surface area contributed by atoms with Crippen molar-refractivity contribution in [2.75, 3.05) is 6.54 Å². The fraction of sp³-hybridized carbons (Fsp3) is 0.643. The minimum Gasteiger partial charge on any atom is -0.393 e. The maximum Gasteiger partial charge on any atom is 0.267 e. The van der Waals surface area contributed by atoms with E-state index in [-0.39, 0.29) is 12.0 Å². The molecule has 0 bridgehead atoms. The Balaban J connectivity index is 1.56. The molecule has 1 amide bonds. The van der Waals surface area contributed by atoms with Crippen LogP contribution in [0.15, 0.2) is 18.3 Å². The SMILES string of the molecule is O=C(NCC1CC(O)C1)c1cccn1C1CCC1. The van der Waals surface area contributed by atoms with Crippen LogP contribution in [0.4, 0.5) is 0 Å². The summed E-state index contributed by atoms with van der Waals surface area (Å²) in [7, 11) is 0. The van der Waals surface area contributed by atoms with Crippen molar-refractivity contribution in [3.8, 4) is 0 Å². The van der Waals surface area contributed by atoms with Crippen LogP contribution in [0.1, 0.15) is 48.6 Å². The average Bonchev–Trinajstić information content (AvgIpc) is 2.69. The van der Waals surface area contributed by atoms with Crippen LogP contribution in [0, 0.1) is 5.92 Å². The first-order valence-corrected chi connectivity index (χ1v) is 6.87. The van der Waals surface area contributed by atoms with E-state index in [1.54, 1.807) is 0 Å². The van der Waals surface area contributed by atoms with Crippen molar-refractivity contribution < 1.29 is 9.90 Å². The van der Waals surface area contributed by atoms with Gasteiger partial charge in [-0.15, -0.1) is 0 Å². The number of amides is 1. The molecular weight excluding hydrogens is 228 g/mol. The molecule has 2 saturated carbocycles. The van der Waals surface area contributed by atoms with E-state index in [1.807, 2.05) is 18.3 Å². The number of aliphatic hydroxyl groups excluding tert-OH is 1. The van der Waals surface area contributed by atoms with Crippen LogP contribution in [-0.2, 0) is 0 Å². The summed E-state index contributed by atoms with van der Waals surface area (Å²) in [5.74, 6) is 0.476. The molecule has 2 aliphatic carbocycles. The Morgan fingerprint density at radius 1 is 1.44 bits per heavy atom. The van der Waals surface area contributed by atoms with Gasteiger partial charge in [0.15, 0.2) is 0 Å². The molecule has 4 nitrogen and oxygen atoms in total. The molecule has 3 rings (SSSR count). The van der Waals surface area contributed by atoms with E-state index in [4.69, 9.17) is 0 Å². The van der Waals surface area contributed by atoms with Gasteiger partial charge in [0.05, 0.1) is 6.10 Å². The monoisotopic (exact) mass is 248 g/mol. The van der Waals surface area contributed by atoms with E-state index in [1.165, 1.54) is 19.3 Å². The molecule has 2 fully saturated rings. The van der Waals surface area contributed by atoms with Crippen LogP contribution >= 0.6 is 0 Å². The van der Waals surface area contributed by atoms with E-state index in [2.05, 4.69) is 9.88 Å². The van der Waals surface area contributed by atoms with Crippen molar-refractivity contribution in [2.24, 2.45) is 5.92 Å². The van der Waals surface area contributed by atoms with Crippen molar-refractivity contribution in [3.05, 3.63) is 24.0 Å². The summed E-state index contributed by atoms with van der Waals surface area (Å²) in [4.78, 5) is 12.1. The lowest BCUT2D eigenvalue weighted by molar-refractivity contribution is 0.0419. The molecular formula is C14H20N2O2. The van der Waals surface area contributed by atoms with Gasteiger partial charge in [0.1, 0.15) is 5.69 Å². The van der Waals surface area contributed by atoms with Crippen LogP contribution in [0.5, 0.6) is 0 Å². The third-order valence-corrected chi connectivity index (χ3v) is 4.24. The predicted octanol–water partition coefficient (Wildman–Crippen LogP) is 1.71. The number of nitrogens with one attached hydrogen (secondary N) is 1. The van der Waals surface area contributed by atoms with E-state index in [9.17, 15) is 9.90 Å². The molecule has 0 saturated heterocycles. The third kappa shape index (κ3) is 2.17. The highest BCUT2D eigenvalue weighted by molar-refractivity contribution is 5.92. The Hall–Kier alpha value is -1.29. The minimum absolute atomic E-state index is 0.0216. The minimum atomic E-state index is -0.147. The smallest absolute Gasteiger partial charge is 0.267 e. The highest BCUT2D eigenvalue weighted by atomic mass is 16.3. The molecule has 0 unspecified atom stereocenters. The zero-order valence-corrected chi connectivity index (χ0v) is 10.5. The first-order valence-electron chi connectivity index (χ1n) is 6.87. The molecule has 2 N–H and O–H groups in total. The van der Waals surface area contributed by atoms with Gasteiger partial charge < -0.3 is 15.0 Å². The second kappa shape index (κ2) is 4.76. The summed E-state index contributed by atoms with van der Waals surface area (Å²) >= 11 is 0. The highest BCUT2D eigenvalue weighted by Gasteiger charge is 2.28. The van der Waals surface area contributed by atoms with Gasteiger partial charge >= 0.3 is 0 Å². The van der Waals surface area contributed by atoms with Gasteiger partial charge in [-0.3, -0.25) is 4.79 Å². The zero-order chi connectivity index (χ0) is 12.5. The second-order valence-corrected chi connectivity index (χ2v) is 5.59. The quantitative estimate of drug-likeness (QED) is 0.852. The summed E-state index contributed by atoms with van der Waals surface area (Å²) < 4.78 is 2.11. The molecule has 98 valence electrons. The number of aliphatic hydroxyl groups is 1. The van der Waals surface area contributed by atoms with E-state index < -0.39 is 0 Å². The summed E-state index contributed by atoms with van der Waals surface area (Å²) in [6, 6.07) is 4.36. The summed E-state index contributed by atoms with van der Waals surface area (Å²) in [5, 5.41) is 12.2. The van der Waals surface area contributed by atoms with Gasteiger partial charge in [-0.05, 0) is 50.2 Å². The molecule has 1 aromatic rings. The Kier molecular flexibility index (Phi) is 3.12. The third-order valence-electron chi connectivity index (χ3n) is 4.24. The Bertz CT molecular complexity index is 431. The highest BCUT2D eigenvalue weighted by Crippen LogP contribution is 2.32. The number of rotatable bonds is 4. The molecule has 0 spiro atoms. The first-order chi connectivity index (χ1) is 8.74. The average molecular weight is 248 g/mol. The Labute approximate surface area is 107 Å². The topological polar surface area (TPSA) is 54.3 Å². The lowest BCUT2D eigenvalue weighted by Crippen LogP contribution is -2.39. The van der Waals surface area contributed by atoms with Gasteiger partial charge in [-0.25, -0.2) is 0 Å². The fourth-order valence-corrected chi connectivity index (χ4v) is 2.76. The predicted molar refractivity (Wildman–Crippen MR) is 68.4 cm³/mol. The van der Waals surface area contributed by atoms with Crippen LogP contribution in [0.2, 0.25) is 0 Å². The van der Waals surface area contributed by atoms with Gasteiger partial charge in [0.25, 0.3) is 5.91 Å². The number of hydrogen-bond acceptors (Lipinski definition) is 2. The molecule has 0 atom stereocenters. The maximum absolute atomic E-state index is 12.1. The Morgan fingerprint density at radius 2 is 2.22 bits per heavy atom. The molecule has 0 aliphatic heterocycles. The van der Waals surface area contributed by atoms with Crippen molar-refractivity contribution in [1.82, 2.24) is 9.88 Å². The van der Waals surface area contributed by atoms with Crippen LogP contribution in [-0.4, -0.2) is 28.2 Å². The fourth-order valence-electron chi connectivity index (χ4n) is 2.76. The van der Waals surface area contributed by atoms with Crippen molar-refractivity contribution >= 4 is 5.91 Å². The molecule has 2 aliphatic rings. The molecule has 18 heavy (non-hydrogen) atoms. The molecule has 1 heterocycles. The van der Waals surface area contributed by atoms with Crippen LogP contribution < -0.4 is 5.32 Å². The van der Waals surface area contributed by atoms with E-state index >= 15 is 0 Å². The zero-order valence-electron chi connectivity index (χ0n) is 10.5. The lowest BCUT2D eigenvalue weighted by Gasteiger charge is -2.32. The molecule has 1 aromatic heterocycles. The molecule has 0 radical (unpaired) electrons. The largest absolute Gasteiger partial charge is 0.393 e. The molecule has 0 aromatic carbocycles. The summed E-state index contributed by atoms with van der Waals surface area (Å²) in [5.41, 5.74) is 0.777. The van der Waals surface area contributed by atoms with Crippen molar-refractivity contribution in [3.63, 3.8) is 0 Å². The van der Waals surface area contributed by atoms with Gasteiger partial charge in [0.2, 0.25) is 0 Å². The van der Waals surface area contributed by atoms with Crippen molar-refractivity contribution in [2.45, 2.75) is 44.2 Å². The maximum atomic E-state index is 12.1. The lowest BCUT2D eigenvalue weighted by atomic mass is 9.82. The number of nitrogens with zero attached hydrogens (tertiary/aromatic N) is 1. The summed E-state index contributed by atoms with van der Waals surface area (Å²) in [6.45, 7) is 0.686. The molecule has 4 heteroatoms. The first kappa shape index (κ1) is 11.8.